The van der Waals surface area contributed by atoms with E-state index < -0.39 is 5.97 Å². The number of rotatable bonds is 5. The maximum Gasteiger partial charge on any atom is 0.308 e. The summed E-state index contributed by atoms with van der Waals surface area (Å²) in [6.07, 6.45) is 7.09. The molecule has 3 aromatic rings. The van der Waals surface area contributed by atoms with Gasteiger partial charge in [0.2, 0.25) is 0 Å². The molecule has 0 amide bonds. The van der Waals surface area contributed by atoms with Gasteiger partial charge in [0.15, 0.2) is 11.5 Å². The number of esters is 1. The van der Waals surface area contributed by atoms with E-state index in [0.29, 0.717) is 33.8 Å². The zero-order valence-electron chi connectivity index (χ0n) is 17.7. The topological polar surface area (TPSA) is 82.8 Å². The molecule has 0 N–H and O–H groups in total. The monoisotopic (exact) mass is 419 g/mol. The number of benzene rings is 2. The minimum absolute atomic E-state index is 0.175. The van der Waals surface area contributed by atoms with Crippen LogP contribution in [0.3, 0.4) is 0 Å². The number of nitrogens with zero attached hydrogens (tertiary/aromatic N) is 3. The molecule has 7 nitrogen and oxygen atoms in total. The molecule has 1 heterocycles. The lowest BCUT2D eigenvalue weighted by molar-refractivity contribution is -0.132. The van der Waals surface area contributed by atoms with E-state index in [1.165, 1.54) is 25.1 Å². The largest absolute Gasteiger partial charge is 0.493 e. The van der Waals surface area contributed by atoms with E-state index in [2.05, 4.69) is 5.10 Å². The van der Waals surface area contributed by atoms with E-state index in [9.17, 15) is 9.59 Å². The van der Waals surface area contributed by atoms with Crippen LogP contribution in [0.4, 0.5) is 0 Å². The molecule has 0 atom stereocenters. The van der Waals surface area contributed by atoms with Crippen LogP contribution >= 0.6 is 0 Å². The molecule has 0 spiro atoms. The summed E-state index contributed by atoms with van der Waals surface area (Å²) in [6.45, 7) is 1.33. The number of carbonyl (C=O) groups excluding carboxylic acids is 1. The number of carbonyl (C=O) groups is 1. The number of methoxy groups -OCH3 is 1. The Morgan fingerprint density at radius 3 is 2.65 bits per heavy atom. The summed E-state index contributed by atoms with van der Waals surface area (Å²) in [4.78, 5) is 29.3. The van der Waals surface area contributed by atoms with Crippen LogP contribution in [0.2, 0.25) is 0 Å². The lowest BCUT2D eigenvalue weighted by Gasteiger charge is -2.22. The van der Waals surface area contributed by atoms with Crippen LogP contribution < -0.4 is 15.0 Å². The standard InChI is InChI=1S/C24H25N3O4/c1-16(28)31-21-13-12-17(14-22(21)30-2)15-25-27-23(18-8-4-3-5-9-18)26-20-11-7-6-10-19(20)24(27)29/h6-7,10-15,18H,3-5,8-9H2,1-2H3. The maximum atomic E-state index is 13.2. The first kappa shape index (κ1) is 20.8. The molecule has 0 saturated heterocycles. The van der Waals surface area contributed by atoms with Crippen molar-refractivity contribution in [2.75, 3.05) is 7.11 Å². The van der Waals surface area contributed by atoms with E-state index in [0.717, 1.165) is 25.7 Å². The fourth-order valence-corrected chi connectivity index (χ4v) is 4.01. The number of aromatic nitrogens is 2. The van der Waals surface area contributed by atoms with Gasteiger partial charge in [0.05, 0.1) is 24.2 Å². The molecule has 1 fully saturated rings. The van der Waals surface area contributed by atoms with Crippen LogP contribution in [0, 0.1) is 0 Å². The Bertz CT molecular complexity index is 1190. The predicted octanol–water partition coefficient (Wildman–Crippen LogP) is 4.26. The third-order valence-corrected chi connectivity index (χ3v) is 5.51. The predicted molar refractivity (Wildman–Crippen MR) is 119 cm³/mol. The molecule has 4 rings (SSSR count). The van der Waals surface area contributed by atoms with Gasteiger partial charge >= 0.3 is 5.97 Å². The van der Waals surface area contributed by atoms with E-state index in [-0.39, 0.29) is 11.5 Å². The van der Waals surface area contributed by atoms with Gasteiger partial charge in [0.25, 0.3) is 5.56 Å². The fourth-order valence-electron chi connectivity index (χ4n) is 4.01. The van der Waals surface area contributed by atoms with Gasteiger partial charge in [0.1, 0.15) is 5.82 Å². The minimum atomic E-state index is -0.425. The Morgan fingerprint density at radius 2 is 1.90 bits per heavy atom. The highest BCUT2D eigenvalue weighted by Gasteiger charge is 2.22. The lowest BCUT2D eigenvalue weighted by atomic mass is 9.88. The molecule has 31 heavy (non-hydrogen) atoms. The smallest absolute Gasteiger partial charge is 0.308 e. The van der Waals surface area contributed by atoms with E-state index in [1.807, 2.05) is 18.2 Å². The molecule has 0 bridgehead atoms. The van der Waals surface area contributed by atoms with Crippen molar-refractivity contribution in [3.8, 4) is 11.5 Å². The second-order valence-corrected chi connectivity index (χ2v) is 7.69. The van der Waals surface area contributed by atoms with Crippen LogP contribution in [0.25, 0.3) is 10.9 Å². The third-order valence-electron chi connectivity index (χ3n) is 5.51. The van der Waals surface area contributed by atoms with Crippen molar-refractivity contribution < 1.29 is 14.3 Å². The van der Waals surface area contributed by atoms with Gasteiger partial charge in [-0.25, -0.2) is 4.98 Å². The Balaban J connectivity index is 1.76. The Hall–Kier alpha value is -3.48. The summed E-state index contributed by atoms with van der Waals surface area (Å²) < 4.78 is 11.9. The van der Waals surface area contributed by atoms with Crippen molar-refractivity contribution in [3.05, 3.63) is 64.2 Å². The molecule has 0 radical (unpaired) electrons. The SMILES string of the molecule is COc1cc(C=Nn2c(C3CCCCC3)nc3ccccc3c2=O)ccc1OC(C)=O. The van der Waals surface area contributed by atoms with Crippen LogP contribution in [0.5, 0.6) is 11.5 Å². The average Bonchev–Trinajstić information content (AvgIpc) is 2.79. The first-order valence-corrected chi connectivity index (χ1v) is 10.5. The molecule has 0 unspecified atom stereocenters. The van der Waals surface area contributed by atoms with Crippen LogP contribution in [0.1, 0.15) is 56.3 Å². The quantitative estimate of drug-likeness (QED) is 0.351. The first-order chi connectivity index (χ1) is 15.1. The number of para-hydroxylation sites is 1. The Morgan fingerprint density at radius 1 is 1.13 bits per heavy atom. The molecule has 1 aliphatic rings. The van der Waals surface area contributed by atoms with Crippen molar-refractivity contribution in [1.29, 1.82) is 0 Å². The summed E-state index contributed by atoms with van der Waals surface area (Å²) >= 11 is 0. The zero-order valence-corrected chi connectivity index (χ0v) is 17.7. The second kappa shape index (κ2) is 9.12. The summed E-state index contributed by atoms with van der Waals surface area (Å²) in [5.74, 6) is 1.24. The first-order valence-electron chi connectivity index (χ1n) is 10.5. The van der Waals surface area contributed by atoms with E-state index >= 15 is 0 Å². The Labute approximate surface area is 180 Å². The molecule has 1 aliphatic carbocycles. The molecule has 7 heteroatoms. The van der Waals surface area contributed by atoms with Crippen molar-refractivity contribution in [2.24, 2.45) is 5.10 Å². The van der Waals surface area contributed by atoms with Gasteiger partial charge in [0, 0.05) is 12.8 Å². The molecular formula is C24H25N3O4. The molecule has 1 saturated carbocycles. The normalized spacial score (nSPS) is 14.8. The number of ether oxygens (including phenoxy) is 2. The molecule has 160 valence electrons. The van der Waals surface area contributed by atoms with E-state index in [1.54, 1.807) is 30.5 Å². The molecule has 1 aromatic heterocycles. The molecule has 0 aliphatic heterocycles. The third kappa shape index (κ3) is 4.50. The van der Waals surface area contributed by atoms with Gasteiger partial charge in [-0.2, -0.15) is 9.78 Å². The van der Waals surface area contributed by atoms with Crippen molar-refractivity contribution >= 4 is 23.1 Å². The highest BCUT2D eigenvalue weighted by molar-refractivity contribution is 5.82. The number of hydrogen-bond donors (Lipinski definition) is 0. The summed E-state index contributed by atoms with van der Waals surface area (Å²) in [5.41, 5.74) is 1.24. The Kier molecular flexibility index (Phi) is 6.11. The maximum absolute atomic E-state index is 13.2. The van der Waals surface area contributed by atoms with Gasteiger partial charge in [-0.15, -0.1) is 0 Å². The highest BCUT2D eigenvalue weighted by atomic mass is 16.6. The van der Waals surface area contributed by atoms with Crippen LogP contribution in [0.15, 0.2) is 52.4 Å². The number of hydrogen-bond acceptors (Lipinski definition) is 6. The van der Waals surface area contributed by atoms with Gasteiger partial charge in [-0.05, 0) is 48.7 Å². The van der Waals surface area contributed by atoms with Crippen LogP contribution in [-0.4, -0.2) is 29.0 Å². The minimum Gasteiger partial charge on any atom is -0.493 e. The lowest BCUT2D eigenvalue weighted by Crippen LogP contribution is -2.25. The molecular weight excluding hydrogens is 394 g/mol. The summed E-state index contributed by atoms with van der Waals surface area (Å²) in [6, 6.07) is 12.5. The molecule has 2 aromatic carbocycles. The average molecular weight is 419 g/mol. The number of fused-ring (bicyclic) bond motifs is 1. The second-order valence-electron chi connectivity index (χ2n) is 7.69. The van der Waals surface area contributed by atoms with Crippen LogP contribution in [-0.2, 0) is 4.79 Å². The van der Waals surface area contributed by atoms with E-state index in [4.69, 9.17) is 14.5 Å². The van der Waals surface area contributed by atoms with Crippen molar-refractivity contribution in [2.45, 2.75) is 44.9 Å². The van der Waals surface area contributed by atoms with Gasteiger partial charge in [-0.1, -0.05) is 31.4 Å². The summed E-state index contributed by atoms with van der Waals surface area (Å²) in [7, 11) is 1.50. The van der Waals surface area contributed by atoms with Gasteiger partial charge < -0.3 is 9.47 Å². The van der Waals surface area contributed by atoms with Crippen molar-refractivity contribution in [3.63, 3.8) is 0 Å². The summed E-state index contributed by atoms with van der Waals surface area (Å²) in [5, 5.41) is 5.06. The highest BCUT2D eigenvalue weighted by Crippen LogP contribution is 2.32. The zero-order chi connectivity index (χ0) is 21.8. The fraction of sp³-hybridized carbons (Fsp3) is 0.333. The van der Waals surface area contributed by atoms with Gasteiger partial charge in [-0.3, -0.25) is 9.59 Å². The van der Waals surface area contributed by atoms with Crippen molar-refractivity contribution in [1.82, 2.24) is 9.66 Å².